The van der Waals surface area contributed by atoms with Crippen molar-refractivity contribution in [3.8, 4) is 0 Å². The number of piperidine rings is 1. The number of benzene rings is 1. The van der Waals surface area contributed by atoms with Gasteiger partial charge in [0.15, 0.2) is 17.6 Å². The van der Waals surface area contributed by atoms with Gasteiger partial charge in [-0.15, -0.1) is 0 Å². The minimum Gasteiger partial charge on any atom is -0.352 e. The number of carbonyl (C=O) groups excluding carboxylic acids is 1. The average molecular weight is 439 g/mol. The summed E-state index contributed by atoms with van der Waals surface area (Å²) in [5, 5.41) is 6.74. The number of halogens is 1. The Morgan fingerprint density at radius 2 is 1.94 bits per heavy atom. The molecule has 0 saturated carbocycles. The average Bonchev–Trinajstić information content (AvgIpc) is 3.30. The van der Waals surface area contributed by atoms with Crippen molar-refractivity contribution in [3.63, 3.8) is 0 Å². The highest BCUT2D eigenvalue weighted by atomic mass is 19.1. The zero-order chi connectivity index (χ0) is 22.3. The molecule has 1 unspecified atom stereocenters. The molecule has 7 nitrogen and oxygen atoms in total. The van der Waals surface area contributed by atoms with Gasteiger partial charge in [0.05, 0.1) is 0 Å². The van der Waals surface area contributed by atoms with Crippen LogP contribution in [0.25, 0.3) is 0 Å². The van der Waals surface area contributed by atoms with Crippen molar-refractivity contribution in [2.24, 2.45) is 4.99 Å². The molecule has 32 heavy (non-hydrogen) atoms. The Morgan fingerprint density at radius 3 is 2.66 bits per heavy atom. The minimum atomic E-state index is -0.294. The number of hydrogen-bond donors (Lipinski definition) is 2. The van der Waals surface area contributed by atoms with Crippen molar-refractivity contribution in [1.29, 1.82) is 0 Å². The van der Waals surface area contributed by atoms with Gasteiger partial charge in [-0.25, -0.2) is 9.37 Å². The highest BCUT2D eigenvalue weighted by Crippen LogP contribution is 2.20. The summed E-state index contributed by atoms with van der Waals surface area (Å²) in [6, 6.07) is 11.0. The maximum atomic E-state index is 14.0. The third kappa shape index (κ3) is 5.36. The number of rotatable bonds is 5. The van der Waals surface area contributed by atoms with E-state index in [2.05, 4.69) is 20.6 Å². The molecule has 2 aliphatic heterocycles. The van der Waals surface area contributed by atoms with Crippen molar-refractivity contribution >= 4 is 17.7 Å². The Morgan fingerprint density at radius 1 is 1.16 bits per heavy atom. The molecule has 1 atom stereocenters. The Balaban J connectivity index is 1.26. The first kappa shape index (κ1) is 22.0. The van der Waals surface area contributed by atoms with Gasteiger partial charge in [-0.1, -0.05) is 12.1 Å². The maximum absolute atomic E-state index is 14.0. The van der Waals surface area contributed by atoms with E-state index in [1.807, 2.05) is 34.1 Å². The van der Waals surface area contributed by atoms with E-state index in [0.717, 1.165) is 50.0 Å². The molecule has 0 radical (unpaired) electrons. The van der Waals surface area contributed by atoms with Crippen LogP contribution in [0.4, 0.5) is 10.2 Å². The zero-order valence-electron chi connectivity index (χ0n) is 18.6. The number of pyridine rings is 1. The molecule has 3 heterocycles. The fourth-order valence-electron chi connectivity index (χ4n) is 4.30. The topological polar surface area (TPSA) is 72.9 Å². The molecule has 4 rings (SSSR count). The second kappa shape index (κ2) is 10.4. The first-order chi connectivity index (χ1) is 15.6. The van der Waals surface area contributed by atoms with Gasteiger partial charge in [0, 0.05) is 57.6 Å². The summed E-state index contributed by atoms with van der Waals surface area (Å²) in [7, 11) is 1.74. The molecule has 8 heteroatoms. The standard InChI is InChI=1S/C24H31FN6O/c1-26-24(29-20-11-15-31(17-20)22-21(25)6-5-12-27-22)28-16-18-7-9-19(10-8-18)23(32)30-13-3-2-4-14-30/h5-10,12,20H,2-4,11,13-17H2,1H3,(H2,26,28,29). The van der Waals surface area contributed by atoms with Crippen molar-refractivity contribution in [3.05, 3.63) is 59.5 Å². The molecule has 0 aliphatic carbocycles. The molecule has 2 saturated heterocycles. The zero-order valence-corrected chi connectivity index (χ0v) is 18.6. The predicted molar refractivity (Wildman–Crippen MR) is 124 cm³/mol. The van der Waals surface area contributed by atoms with Crippen LogP contribution in [0.1, 0.15) is 41.6 Å². The van der Waals surface area contributed by atoms with Gasteiger partial charge < -0.3 is 20.4 Å². The highest BCUT2D eigenvalue weighted by molar-refractivity contribution is 5.94. The van der Waals surface area contributed by atoms with Gasteiger partial charge in [-0.2, -0.15) is 0 Å². The van der Waals surface area contributed by atoms with Crippen LogP contribution in [0.2, 0.25) is 0 Å². The second-order valence-electron chi connectivity index (χ2n) is 8.36. The summed E-state index contributed by atoms with van der Waals surface area (Å²) in [5.41, 5.74) is 1.82. The molecular formula is C24H31FN6O. The predicted octanol–water partition coefficient (Wildman–Crippen LogP) is 2.79. The van der Waals surface area contributed by atoms with E-state index in [0.29, 0.717) is 24.9 Å². The van der Waals surface area contributed by atoms with Gasteiger partial charge in [0.1, 0.15) is 0 Å². The number of aliphatic imine (C=N–C) groups is 1. The summed E-state index contributed by atoms with van der Waals surface area (Å²) in [6.45, 7) is 3.73. The van der Waals surface area contributed by atoms with Crippen LogP contribution in [0.15, 0.2) is 47.6 Å². The minimum absolute atomic E-state index is 0.122. The Bertz CT molecular complexity index is 942. The quantitative estimate of drug-likeness (QED) is 0.555. The Labute approximate surface area is 188 Å². The normalized spacial score (nSPS) is 19.2. The number of nitrogens with one attached hydrogen (secondary N) is 2. The summed E-state index contributed by atoms with van der Waals surface area (Å²) in [4.78, 5) is 25.0. The van der Waals surface area contributed by atoms with Gasteiger partial charge in [-0.05, 0) is 55.5 Å². The molecule has 1 amide bonds. The molecule has 2 N–H and O–H groups in total. The lowest BCUT2D eigenvalue weighted by Crippen LogP contribution is -2.44. The van der Waals surface area contributed by atoms with Crippen LogP contribution in [0.3, 0.4) is 0 Å². The van der Waals surface area contributed by atoms with Crippen LogP contribution in [0.5, 0.6) is 0 Å². The lowest BCUT2D eigenvalue weighted by molar-refractivity contribution is 0.0724. The summed E-state index contributed by atoms with van der Waals surface area (Å²) < 4.78 is 14.0. The van der Waals surface area contributed by atoms with Crippen molar-refractivity contribution in [1.82, 2.24) is 20.5 Å². The largest absolute Gasteiger partial charge is 0.352 e. The first-order valence-corrected chi connectivity index (χ1v) is 11.3. The molecule has 0 spiro atoms. The van der Waals surface area contributed by atoms with Crippen molar-refractivity contribution in [2.45, 2.75) is 38.3 Å². The second-order valence-corrected chi connectivity index (χ2v) is 8.36. The van der Waals surface area contributed by atoms with Crippen molar-refractivity contribution in [2.75, 3.05) is 38.1 Å². The van der Waals surface area contributed by atoms with Crippen LogP contribution < -0.4 is 15.5 Å². The first-order valence-electron chi connectivity index (χ1n) is 11.3. The third-order valence-electron chi connectivity index (χ3n) is 6.10. The summed E-state index contributed by atoms with van der Waals surface area (Å²) in [6.07, 6.45) is 5.89. The number of amides is 1. The molecule has 2 aromatic rings. The number of carbonyl (C=O) groups is 1. The fourth-order valence-corrected chi connectivity index (χ4v) is 4.30. The van der Waals surface area contributed by atoms with E-state index in [4.69, 9.17) is 0 Å². The van der Waals surface area contributed by atoms with E-state index in [1.165, 1.54) is 12.5 Å². The maximum Gasteiger partial charge on any atom is 0.253 e. The van der Waals surface area contributed by atoms with Gasteiger partial charge >= 0.3 is 0 Å². The number of hydrogen-bond acceptors (Lipinski definition) is 4. The Hall–Kier alpha value is -3.16. The monoisotopic (exact) mass is 438 g/mol. The molecule has 2 aliphatic rings. The number of likely N-dealkylation sites (tertiary alicyclic amines) is 1. The molecular weight excluding hydrogens is 407 g/mol. The van der Waals surface area contributed by atoms with E-state index in [9.17, 15) is 9.18 Å². The van der Waals surface area contributed by atoms with E-state index in [-0.39, 0.29) is 17.8 Å². The molecule has 170 valence electrons. The lowest BCUT2D eigenvalue weighted by atomic mass is 10.1. The molecule has 0 bridgehead atoms. The lowest BCUT2D eigenvalue weighted by Gasteiger charge is -2.26. The number of aromatic nitrogens is 1. The van der Waals surface area contributed by atoms with Crippen LogP contribution in [-0.4, -0.2) is 61.0 Å². The van der Waals surface area contributed by atoms with Crippen LogP contribution >= 0.6 is 0 Å². The van der Waals surface area contributed by atoms with E-state index in [1.54, 1.807) is 19.3 Å². The van der Waals surface area contributed by atoms with Crippen LogP contribution in [0, 0.1) is 5.82 Å². The molecule has 1 aromatic heterocycles. The van der Waals surface area contributed by atoms with E-state index < -0.39 is 0 Å². The number of anilines is 1. The van der Waals surface area contributed by atoms with Gasteiger partial charge in [-0.3, -0.25) is 9.79 Å². The van der Waals surface area contributed by atoms with Gasteiger partial charge in [0.2, 0.25) is 0 Å². The highest BCUT2D eigenvalue weighted by Gasteiger charge is 2.26. The summed E-state index contributed by atoms with van der Waals surface area (Å²) in [5.74, 6) is 0.931. The number of nitrogens with zero attached hydrogens (tertiary/aromatic N) is 4. The summed E-state index contributed by atoms with van der Waals surface area (Å²) >= 11 is 0. The third-order valence-corrected chi connectivity index (χ3v) is 6.10. The van der Waals surface area contributed by atoms with E-state index >= 15 is 0 Å². The van der Waals surface area contributed by atoms with Crippen molar-refractivity contribution < 1.29 is 9.18 Å². The smallest absolute Gasteiger partial charge is 0.253 e. The van der Waals surface area contributed by atoms with Gasteiger partial charge in [0.25, 0.3) is 5.91 Å². The molecule has 1 aromatic carbocycles. The fraction of sp³-hybridized carbons (Fsp3) is 0.458. The van der Waals surface area contributed by atoms with Crippen LogP contribution in [-0.2, 0) is 6.54 Å². The molecule has 2 fully saturated rings. The number of guanidine groups is 1. The SMILES string of the molecule is CN=C(NCc1ccc(C(=O)N2CCCCC2)cc1)NC1CCN(c2ncccc2F)C1. The Kier molecular flexibility index (Phi) is 7.19.